The topological polar surface area (TPSA) is 117 Å². The van der Waals surface area contributed by atoms with Crippen molar-refractivity contribution in [3.63, 3.8) is 0 Å². The Morgan fingerprint density at radius 2 is 1.86 bits per heavy atom. The van der Waals surface area contributed by atoms with Crippen molar-refractivity contribution in [3.05, 3.63) is 74.9 Å². The Kier molecular flexibility index (Phi) is 4.08. The highest BCUT2D eigenvalue weighted by atomic mass is 16.6. The molecule has 0 radical (unpaired) electrons. The number of H-pyrrole nitrogens is 1. The quantitative estimate of drug-likeness (QED) is 0.214. The van der Waals surface area contributed by atoms with Gasteiger partial charge >= 0.3 is 0 Å². The number of nitro benzene ring substituents is 1. The monoisotopic (exact) mass is 377 g/mol. The summed E-state index contributed by atoms with van der Waals surface area (Å²) in [6.45, 7) is 0. The first kappa shape index (κ1) is 17.3. The zero-order chi connectivity index (χ0) is 19.8. The number of hydrogen-bond donors (Lipinski definition) is 3. The summed E-state index contributed by atoms with van der Waals surface area (Å²) in [5, 5.41) is 24.5. The smallest absolute Gasteiger partial charge is 0.293 e. The molecule has 0 spiro atoms. The highest BCUT2D eigenvalue weighted by Crippen LogP contribution is 2.32. The number of phenolic OH excluding ortho intramolecular Hbond substituents is 1. The minimum Gasteiger partial charge on any atom is -0.508 e. The summed E-state index contributed by atoms with van der Waals surface area (Å²) in [5.74, 6) is 0.617. The molecule has 0 amide bonds. The lowest BCUT2D eigenvalue weighted by Crippen LogP contribution is -2.08. The number of non-ortho nitro benzene ring substituents is 1. The third-order valence-electron chi connectivity index (χ3n) is 4.48. The summed E-state index contributed by atoms with van der Waals surface area (Å²) >= 11 is 0. The van der Waals surface area contributed by atoms with Crippen molar-refractivity contribution >= 4 is 38.9 Å². The maximum Gasteiger partial charge on any atom is 0.293 e. The van der Waals surface area contributed by atoms with Gasteiger partial charge in [0.1, 0.15) is 17.0 Å². The van der Waals surface area contributed by atoms with Crippen LogP contribution in [0.3, 0.4) is 0 Å². The van der Waals surface area contributed by atoms with Crippen molar-refractivity contribution in [2.45, 2.75) is 0 Å². The zero-order valence-electron chi connectivity index (χ0n) is 14.7. The minimum absolute atomic E-state index is 0.107. The average Bonchev–Trinajstić information content (AvgIpc) is 2.69. The van der Waals surface area contributed by atoms with Gasteiger partial charge in [-0.05, 0) is 48.5 Å². The number of aromatic amines is 1. The Hall–Kier alpha value is -4.07. The molecular weight excluding hydrogens is 362 g/mol. The summed E-state index contributed by atoms with van der Waals surface area (Å²) in [5.41, 5.74) is 1.10. The van der Waals surface area contributed by atoms with E-state index in [1.165, 1.54) is 31.4 Å². The molecule has 0 aliphatic heterocycles. The van der Waals surface area contributed by atoms with Crippen LogP contribution in [0.1, 0.15) is 0 Å². The zero-order valence-corrected chi connectivity index (χ0v) is 14.7. The standard InChI is InChI=1S/C20H15N3O5/c1-28-13-6-7-15-14(10-13)20(25)18-16(21-11-2-4-12(24)5-3-11)8-9-17(23(26)27)19(18)22-15/h2-10,21,24H,1H3,(H,22,25). The Bertz CT molecular complexity index is 1280. The van der Waals surface area contributed by atoms with E-state index in [1.54, 1.807) is 30.3 Å². The first-order valence-corrected chi connectivity index (χ1v) is 8.35. The fourth-order valence-corrected chi connectivity index (χ4v) is 3.13. The number of fused-ring (bicyclic) bond motifs is 2. The molecule has 8 nitrogen and oxygen atoms in total. The van der Waals surface area contributed by atoms with Gasteiger partial charge in [0, 0.05) is 17.1 Å². The van der Waals surface area contributed by atoms with Gasteiger partial charge in [-0.3, -0.25) is 14.9 Å². The molecule has 0 atom stereocenters. The molecule has 28 heavy (non-hydrogen) atoms. The molecule has 0 saturated heterocycles. The molecule has 8 heteroatoms. The molecule has 0 bridgehead atoms. The number of methoxy groups -OCH3 is 1. The predicted molar refractivity (Wildman–Crippen MR) is 107 cm³/mol. The van der Waals surface area contributed by atoms with Gasteiger partial charge in [0.2, 0.25) is 0 Å². The van der Waals surface area contributed by atoms with E-state index in [9.17, 15) is 20.0 Å². The van der Waals surface area contributed by atoms with Crippen molar-refractivity contribution in [1.82, 2.24) is 4.98 Å². The number of benzene rings is 3. The Morgan fingerprint density at radius 1 is 1.11 bits per heavy atom. The van der Waals surface area contributed by atoms with Gasteiger partial charge in [-0.1, -0.05) is 0 Å². The van der Waals surface area contributed by atoms with E-state index in [4.69, 9.17) is 4.74 Å². The van der Waals surface area contributed by atoms with E-state index >= 15 is 0 Å². The number of hydrogen-bond acceptors (Lipinski definition) is 6. The molecule has 140 valence electrons. The van der Waals surface area contributed by atoms with E-state index in [-0.39, 0.29) is 27.8 Å². The van der Waals surface area contributed by atoms with Crippen LogP contribution in [0.25, 0.3) is 21.8 Å². The number of ether oxygens (including phenoxy) is 1. The van der Waals surface area contributed by atoms with Crippen LogP contribution in [0.5, 0.6) is 11.5 Å². The summed E-state index contributed by atoms with van der Waals surface area (Å²) in [7, 11) is 1.50. The van der Waals surface area contributed by atoms with Crippen LogP contribution in [-0.4, -0.2) is 22.1 Å². The number of nitrogens with one attached hydrogen (secondary N) is 2. The van der Waals surface area contributed by atoms with Crippen LogP contribution < -0.4 is 15.5 Å². The Balaban J connectivity index is 2.03. The summed E-state index contributed by atoms with van der Waals surface area (Å²) in [4.78, 5) is 27.2. The number of aromatic hydroxyl groups is 1. The molecule has 4 rings (SSSR count). The number of anilines is 2. The number of rotatable bonds is 4. The van der Waals surface area contributed by atoms with Crippen molar-refractivity contribution in [2.75, 3.05) is 12.4 Å². The lowest BCUT2D eigenvalue weighted by Gasteiger charge is -2.11. The van der Waals surface area contributed by atoms with E-state index < -0.39 is 4.92 Å². The van der Waals surface area contributed by atoms with Gasteiger partial charge in [-0.2, -0.15) is 0 Å². The van der Waals surface area contributed by atoms with E-state index in [0.717, 1.165) is 0 Å². The van der Waals surface area contributed by atoms with Gasteiger partial charge in [0.05, 0.1) is 28.6 Å². The van der Waals surface area contributed by atoms with E-state index in [0.29, 0.717) is 28.0 Å². The van der Waals surface area contributed by atoms with E-state index in [2.05, 4.69) is 10.3 Å². The molecule has 0 aliphatic carbocycles. The summed E-state index contributed by atoms with van der Waals surface area (Å²) in [6, 6.07) is 14.0. The SMILES string of the molecule is COc1ccc2[nH]c3c([N+](=O)[O-])ccc(Nc4ccc(O)cc4)c3c(=O)c2c1. The maximum absolute atomic E-state index is 13.2. The second-order valence-electron chi connectivity index (χ2n) is 6.18. The number of phenols is 1. The number of aromatic nitrogens is 1. The van der Waals surface area contributed by atoms with Gasteiger partial charge in [0.15, 0.2) is 5.43 Å². The fraction of sp³-hybridized carbons (Fsp3) is 0.0500. The first-order valence-electron chi connectivity index (χ1n) is 8.35. The average molecular weight is 377 g/mol. The summed E-state index contributed by atoms with van der Waals surface area (Å²) in [6.07, 6.45) is 0. The Morgan fingerprint density at radius 3 is 2.54 bits per heavy atom. The van der Waals surface area contributed by atoms with Crippen molar-refractivity contribution in [2.24, 2.45) is 0 Å². The molecule has 0 saturated carbocycles. The molecule has 0 aliphatic rings. The molecule has 4 aromatic rings. The fourth-order valence-electron chi connectivity index (χ4n) is 3.13. The van der Waals surface area contributed by atoms with Crippen LogP contribution in [0.15, 0.2) is 59.4 Å². The summed E-state index contributed by atoms with van der Waals surface area (Å²) < 4.78 is 5.19. The second-order valence-corrected chi connectivity index (χ2v) is 6.18. The highest BCUT2D eigenvalue weighted by Gasteiger charge is 2.19. The highest BCUT2D eigenvalue weighted by molar-refractivity contribution is 6.04. The van der Waals surface area contributed by atoms with Gasteiger partial charge in [-0.15, -0.1) is 0 Å². The van der Waals surface area contributed by atoms with Crippen LogP contribution in [0.2, 0.25) is 0 Å². The maximum atomic E-state index is 13.2. The van der Waals surface area contributed by atoms with Crippen molar-refractivity contribution in [3.8, 4) is 11.5 Å². The molecule has 0 fully saturated rings. The van der Waals surface area contributed by atoms with Crippen LogP contribution in [0.4, 0.5) is 17.1 Å². The van der Waals surface area contributed by atoms with Gasteiger partial charge < -0.3 is 20.1 Å². The van der Waals surface area contributed by atoms with Crippen molar-refractivity contribution < 1.29 is 14.8 Å². The normalized spacial score (nSPS) is 10.9. The molecule has 3 aromatic carbocycles. The third-order valence-corrected chi connectivity index (χ3v) is 4.48. The van der Waals surface area contributed by atoms with Crippen molar-refractivity contribution in [1.29, 1.82) is 0 Å². The lowest BCUT2D eigenvalue weighted by molar-refractivity contribution is -0.383. The van der Waals surface area contributed by atoms with Crippen LogP contribution in [-0.2, 0) is 0 Å². The molecular formula is C20H15N3O5. The Labute approximate surface area is 158 Å². The van der Waals surface area contributed by atoms with Crippen LogP contribution >= 0.6 is 0 Å². The molecule has 1 heterocycles. The molecule has 0 unspecified atom stereocenters. The third kappa shape index (κ3) is 2.86. The number of nitrogens with zero attached hydrogens (tertiary/aromatic N) is 1. The second kappa shape index (κ2) is 6.58. The van der Waals surface area contributed by atoms with Gasteiger partial charge in [0.25, 0.3) is 5.69 Å². The minimum atomic E-state index is -0.530. The van der Waals surface area contributed by atoms with E-state index in [1.807, 2.05) is 0 Å². The predicted octanol–water partition coefficient (Wildman–Crippen LogP) is 4.05. The molecule has 1 aromatic heterocycles. The number of pyridine rings is 1. The van der Waals surface area contributed by atoms with Crippen LogP contribution in [0, 0.1) is 10.1 Å². The lowest BCUT2D eigenvalue weighted by atomic mass is 10.1. The van der Waals surface area contributed by atoms with Gasteiger partial charge in [-0.25, -0.2) is 0 Å². The number of nitro groups is 1. The largest absolute Gasteiger partial charge is 0.508 e. The molecule has 3 N–H and O–H groups in total. The first-order chi connectivity index (χ1) is 13.5.